The minimum absolute atomic E-state index is 0.259. The van der Waals surface area contributed by atoms with Gasteiger partial charge in [0.2, 0.25) is 0 Å². The molecule has 0 N–H and O–H groups in total. The third kappa shape index (κ3) is 2.81. The van der Waals surface area contributed by atoms with Crippen molar-refractivity contribution in [3.05, 3.63) is 65.1 Å². The lowest BCUT2D eigenvalue weighted by atomic mass is 10.2. The Morgan fingerprint density at radius 2 is 1.91 bits per heavy atom. The van der Waals surface area contributed by atoms with Crippen LogP contribution in [0.2, 0.25) is 5.02 Å². The normalized spacial score (nSPS) is 11.3. The third-order valence-corrected chi connectivity index (χ3v) is 3.85. The van der Waals surface area contributed by atoms with Gasteiger partial charge in [0, 0.05) is 16.5 Å². The summed E-state index contributed by atoms with van der Waals surface area (Å²) in [5.74, 6) is -0.0844. The summed E-state index contributed by atoms with van der Waals surface area (Å²) in [5, 5.41) is 1.80. The second-order valence-corrected chi connectivity index (χ2v) is 5.96. The first kappa shape index (κ1) is 14.9. The fourth-order valence-corrected chi connectivity index (χ4v) is 2.85. The molecule has 1 aromatic heterocycles. The summed E-state index contributed by atoms with van der Waals surface area (Å²) in [5.41, 5.74) is 2.06. The van der Waals surface area contributed by atoms with Crippen molar-refractivity contribution in [3.8, 4) is 5.75 Å². The zero-order chi connectivity index (χ0) is 15.7. The number of fused-ring (bicyclic) bond motifs is 1. The molecule has 0 radical (unpaired) electrons. The Morgan fingerprint density at radius 1 is 1.14 bits per heavy atom. The summed E-state index contributed by atoms with van der Waals surface area (Å²) in [4.78, 5) is 0. The van der Waals surface area contributed by atoms with Crippen molar-refractivity contribution in [2.45, 2.75) is 26.5 Å². The lowest BCUT2D eigenvalue weighted by molar-refractivity contribution is 0.279. The number of hydrogen-bond donors (Lipinski definition) is 0. The van der Waals surface area contributed by atoms with Gasteiger partial charge in [-0.15, -0.1) is 0 Å². The van der Waals surface area contributed by atoms with Crippen LogP contribution in [0.5, 0.6) is 5.75 Å². The molecule has 0 aliphatic rings. The van der Waals surface area contributed by atoms with Gasteiger partial charge in [0.15, 0.2) is 11.6 Å². The van der Waals surface area contributed by atoms with Crippen LogP contribution in [0.25, 0.3) is 10.9 Å². The molecule has 0 amide bonds. The van der Waals surface area contributed by atoms with Crippen LogP contribution in [0.1, 0.15) is 25.6 Å². The molecule has 0 unspecified atom stereocenters. The first-order chi connectivity index (χ1) is 10.6. The van der Waals surface area contributed by atoms with Gasteiger partial charge in [0.05, 0.1) is 11.2 Å². The number of nitrogens with zero attached hydrogens (tertiary/aromatic N) is 1. The number of ether oxygens (including phenoxy) is 1. The lowest BCUT2D eigenvalue weighted by Gasteiger charge is -2.15. The highest BCUT2D eigenvalue weighted by Crippen LogP contribution is 2.28. The average Bonchev–Trinajstić information content (AvgIpc) is 2.84. The molecular weight excluding hydrogens is 301 g/mol. The van der Waals surface area contributed by atoms with Gasteiger partial charge in [-0.2, -0.15) is 0 Å². The summed E-state index contributed by atoms with van der Waals surface area (Å²) < 4.78 is 21.5. The summed E-state index contributed by atoms with van der Waals surface area (Å²) in [6.07, 6.45) is 0. The monoisotopic (exact) mass is 317 g/mol. The highest BCUT2D eigenvalue weighted by Gasteiger charge is 2.13. The van der Waals surface area contributed by atoms with Gasteiger partial charge in [-0.25, -0.2) is 4.39 Å². The minimum atomic E-state index is -0.349. The van der Waals surface area contributed by atoms with Gasteiger partial charge >= 0.3 is 0 Å². The van der Waals surface area contributed by atoms with Gasteiger partial charge in [0.1, 0.15) is 6.61 Å². The number of para-hydroxylation sites is 1. The van der Waals surface area contributed by atoms with Gasteiger partial charge < -0.3 is 9.30 Å². The van der Waals surface area contributed by atoms with E-state index in [-0.39, 0.29) is 17.6 Å². The predicted molar refractivity (Wildman–Crippen MR) is 88.1 cm³/mol. The van der Waals surface area contributed by atoms with Gasteiger partial charge in [-0.05, 0) is 44.2 Å². The number of rotatable bonds is 4. The average molecular weight is 318 g/mol. The van der Waals surface area contributed by atoms with Crippen molar-refractivity contribution in [2.75, 3.05) is 0 Å². The van der Waals surface area contributed by atoms with Crippen molar-refractivity contribution in [3.63, 3.8) is 0 Å². The Kier molecular flexibility index (Phi) is 4.08. The van der Waals surface area contributed by atoms with Crippen LogP contribution in [0, 0.1) is 5.82 Å². The predicted octanol–water partition coefficient (Wildman–Crippen LogP) is 5.59. The Hall–Kier alpha value is -2.00. The van der Waals surface area contributed by atoms with E-state index in [0.717, 1.165) is 16.6 Å². The van der Waals surface area contributed by atoms with E-state index in [9.17, 15) is 4.39 Å². The van der Waals surface area contributed by atoms with Crippen molar-refractivity contribution in [1.82, 2.24) is 4.57 Å². The van der Waals surface area contributed by atoms with Crippen molar-refractivity contribution in [2.24, 2.45) is 0 Å². The molecular formula is C18H17ClFNO. The van der Waals surface area contributed by atoms with Crippen LogP contribution in [0.3, 0.4) is 0 Å². The maximum atomic E-state index is 13.7. The molecule has 1 heterocycles. The maximum absolute atomic E-state index is 13.7. The molecule has 0 bridgehead atoms. The highest BCUT2D eigenvalue weighted by molar-refractivity contribution is 6.31. The largest absolute Gasteiger partial charge is 0.484 e. The van der Waals surface area contributed by atoms with E-state index in [4.69, 9.17) is 16.3 Å². The first-order valence-electron chi connectivity index (χ1n) is 7.23. The second-order valence-electron chi connectivity index (χ2n) is 5.52. The van der Waals surface area contributed by atoms with Crippen LogP contribution in [-0.2, 0) is 6.61 Å². The van der Waals surface area contributed by atoms with E-state index in [2.05, 4.69) is 24.5 Å². The fourth-order valence-electron chi connectivity index (χ4n) is 2.69. The van der Waals surface area contributed by atoms with E-state index >= 15 is 0 Å². The molecule has 2 nitrogen and oxygen atoms in total. The standard InChI is InChI=1S/C18H17ClFNO/c1-12(2)21-15(9-13-7-8-14(19)10-17(13)21)11-22-18-6-4-3-5-16(18)20/h3-10,12H,11H2,1-2H3. The van der Waals surface area contributed by atoms with E-state index in [1.54, 1.807) is 18.2 Å². The highest BCUT2D eigenvalue weighted by atomic mass is 35.5. The van der Waals surface area contributed by atoms with Crippen molar-refractivity contribution < 1.29 is 9.13 Å². The van der Waals surface area contributed by atoms with Crippen molar-refractivity contribution in [1.29, 1.82) is 0 Å². The van der Waals surface area contributed by atoms with E-state index in [0.29, 0.717) is 11.6 Å². The smallest absolute Gasteiger partial charge is 0.165 e. The summed E-state index contributed by atoms with van der Waals surface area (Å²) >= 11 is 6.10. The van der Waals surface area contributed by atoms with Crippen LogP contribution in [0.15, 0.2) is 48.5 Å². The zero-order valence-electron chi connectivity index (χ0n) is 12.5. The van der Waals surface area contributed by atoms with Crippen molar-refractivity contribution >= 4 is 22.5 Å². The summed E-state index contributed by atoms with van der Waals surface area (Å²) in [7, 11) is 0. The number of aromatic nitrogens is 1. The van der Waals surface area contributed by atoms with Crippen LogP contribution in [-0.4, -0.2) is 4.57 Å². The topological polar surface area (TPSA) is 14.2 Å². The number of benzene rings is 2. The molecule has 2 aromatic carbocycles. The van der Waals surface area contributed by atoms with Crippen LogP contribution < -0.4 is 4.74 Å². The summed E-state index contributed by atoms with van der Waals surface area (Å²) in [6, 6.07) is 14.6. The quantitative estimate of drug-likeness (QED) is 0.611. The Labute approximate surface area is 134 Å². The van der Waals surface area contributed by atoms with E-state index in [1.165, 1.54) is 6.07 Å². The van der Waals surface area contributed by atoms with Gasteiger partial charge in [-0.1, -0.05) is 29.8 Å². The first-order valence-corrected chi connectivity index (χ1v) is 7.61. The molecule has 0 saturated heterocycles. The molecule has 3 aromatic rings. The Balaban J connectivity index is 1.96. The molecule has 0 aliphatic carbocycles. The minimum Gasteiger partial charge on any atom is -0.484 e. The van der Waals surface area contributed by atoms with Crippen LogP contribution >= 0.6 is 11.6 Å². The molecule has 0 fully saturated rings. The SMILES string of the molecule is CC(C)n1c(COc2ccccc2F)cc2ccc(Cl)cc21. The van der Waals surface area contributed by atoms with Gasteiger partial charge in [0.25, 0.3) is 0 Å². The molecule has 0 atom stereocenters. The van der Waals surface area contributed by atoms with E-state index in [1.807, 2.05) is 18.2 Å². The number of halogens is 2. The third-order valence-electron chi connectivity index (χ3n) is 3.61. The Morgan fingerprint density at radius 3 is 2.64 bits per heavy atom. The molecule has 4 heteroatoms. The molecule has 0 saturated carbocycles. The second kappa shape index (κ2) is 6.01. The summed E-state index contributed by atoms with van der Waals surface area (Å²) in [6.45, 7) is 4.52. The molecule has 0 aliphatic heterocycles. The number of hydrogen-bond acceptors (Lipinski definition) is 1. The molecule has 0 spiro atoms. The zero-order valence-corrected chi connectivity index (χ0v) is 13.3. The fraction of sp³-hybridized carbons (Fsp3) is 0.222. The van der Waals surface area contributed by atoms with E-state index < -0.39 is 0 Å². The Bertz CT molecular complexity index is 810. The maximum Gasteiger partial charge on any atom is 0.165 e. The molecule has 3 rings (SSSR count). The lowest BCUT2D eigenvalue weighted by Crippen LogP contribution is -2.08. The van der Waals surface area contributed by atoms with Gasteiger partial charge in [-0.3, -0.25) is 0 Å². The van der Waals surface area contributed by atoms with Crippen LogP contribution in [0.4, 0.5) is 4.39 Å². The molecule has 22 heavy (non-hydrogen) atoms. The molecule has 114 valence electrons.